The molecule has 0 amide bonds. The monoisotopic (exact) mass is 1490 g/mol. The Morgan fingerprint density at radius 2 is 0.219 bits per heavy atom. The van der Waals surface area contributed by atoms with E-state index in [1.165, 1.54) is 0 Å². The molecule has 1 aliphatic rings. The first-order valence-corrected chi connectivity index (χ1v) is 38.0. The van der Waals surface area contributed by atoms with Crippen molar-refractivity contribution in [2.75, 3.05) is 0 Å². The van der Waals surface area contributed by atoms with Gasteiger partial charge in [-0.1, -0.05) is 0 Å². The molecule has 0 aliphatic heterocycles. The minimum Gasteiger partial charge on any atom is -0.507 e. The van der Waals surface area contributed by atoms with E-state index in [-0.39, 0.29) is 0 Å². The fourth-order valence-electron chi connectivity index (χ4n) is 10.8. The number of fused-ring (bicyclic) bond motifs is 16. The molecule has 0 unspecified atom stereocenters. The van der Waals surface area contributed by atoms with Gasteiger partial charge in [0.15, 0.2) is 0 Å². The van der Waals surface area contributed by atoms with Crippen LogP contribution in [0.3, 0.4) is 0 Å². The van der Waals surface area contributed by atoms with Crippen LogP contribution in [-0.4, -0.2) is 145 Å². The summed E-state index contributed by atoms with van der Waals surface area (Å²) in [5, 5.41) is 95.2. The van der Waals surface area contributed by atoms with E-state index in [4.69, 9.17) is 0 Å². The molecule has 40 heteroatoms. The Bertz CT molecular complexity index is 4440. The maximum atomic E-state index is 12.9. The van der Waals surface area contributed by atoms with E-state index in [9.17, 15) is 145 Å². The van der Waals surface area contributed by atoms with Gasteiger partial charge >= 0.3 is 0 Å². The van der Waals surface area contributed by atoms with Gasteiger partial charge in [-0.25, -0.2) is 0 Å². The van der Waals surface area contributed by atoms with Crippen LogP contribution in [0.1, 0.15) is 89.0 Å². The molecule has 96 heavy (non-hydrogen) atoms. The SMILES string of the molecule is O=S(=O)(O)c1cc2c(O)c(c1)Cc1cc(S(=O)(=O)O)cc(c1O)Cc1cc(S(=O)(=O)O)cc(c1O)Cc1cc(S(=O)(=O)O)cc(c1O)Cc1cc(S(=O)(=O)O)cc(c1O)Cc1cc(S(=O)(=O)O)cc(c1O)Cc1cc(S(=O)(=O)O)cc(c1O)Cc1cc(S(=O)(=O)O)cc(c1O)C2. The summed E-state index contributed by atoms with van der Waals surface area (Å²) >= 11 is 0. The predicted molar refractivity (Wildman–Crippen MR) is 326 cm³/mol. The van der Waals surface area contributed by atoms with Crippen LogP contribution in [-0.2, 0) is 132 Å². The Hall–Kier alpha value is -8.56. The van der Waals surface area contributed by atoms with Gasteiger partial charge < -0.3 is 40.9 Å². The zero-order valence-corrected chi connectivity index (χ0v) is 54.4. The third-order valence-electron chi connectivity index (χ3n) is 15.4. The van der Waals surface area contributed by atoms with Crippen LogP contribution < -0.4 is 0 Å². The van der Waals surface area contributed by atoms with Crippen molar-refractivity contribution < 1.29 is 145 Å². The standard InChI is InChI=1S/C56H48O32S8/c57-49-25-1-26-10-42(90(68,69)70)12-28(50(26)58)3-30-14-44(92(74,75)76)16-32(52(30)60)5-34-18-46(94(80,81)82)20-36(54(34)62)7-38-22-48(96(86,87)88)24-40(56(38)64)8-39-23-47(95(83,84)85)21-37(55(39)63)6-35-19-45(93(77,78)79)17-33(53(35)61)4-31-15-43(91(71,72)73)13-29(51(31)59)2-27(49)11-41(9-25)89(65,66)67/h9-24,57-64H,1-8H2,(H,65,66,67)(H,68,69,70)(H,71,72,73)(H,74,75,76)(H,77,78,79)(H,80,81,82)(H,83,84,85)(H,86,87,88). The summed E-state index contributed by atoms with van der Waals surface area (Å²) < 4.78 is 289. The lowest BCUT2D eigenvalue weighted by atomic mass is 9.91. The molecule has 8 aromatic rings. The molecule has 1 aliphatic carbocycles. The molecule has 32 nitrogen and oxygen atoms in total. The molecule has 16 N–H and O–H groups in total. The first kappa shape index (κ1) is 71.7. The molecule has 8 aromatic carbocycles. The Balaban J connectivity index is 1.36. The second-order valence-electron chi connectivity index (χ2n) is 21.9. The van der Waals surface area contributed by atoms with E-state index in [2.05, 4.69) is 0 Å². The maximum absolute atomic E-state index is 12.9. The van der Waals surface area contributed by atoms with Crippen molar-refractivity contribution in [3.05, 3.63) is 186 Å². The van der Waals surface area contributed by atoms with E-state index >= 15 is 0 Å². The Labute approximate surface area is 544 Å². The molecule has 0 aromatic heterocycles. The van der Waals surface area contributed by atoms with Crippen molar-refractivity contribution in [1.29, 1.82) is 0 Å². The molecule has 0 radical (unpaired) electrons. The van der Waals surface area contributed by atoms with E-state index in [0.717, 1.165) is 0 Å². The van der Waals surface area contributed by atoms with Gasteiger partial charge in [0.25, 0.3) is 80.9 Å². The Kier molecular flexibility index (Phi) is 18.5. The van der Waals surface area contributed by atoms with Crippen molar-refractivity contribution >= 4 is 80.9 Å². The fourth-order valence-corrected chi connectivity index (χ4v) is 15.5. The number of rotatable bonds is 8. The van der Waals surface area contributed by atoms with Gasteiger partial charge in [-0.05, 0) is 97.1 Å². The maximum Gasteiger partial charge on any atom is 0.294 e. The van der Waals surface area contributed by atoms with Crippen molar-refractivity contribution in [1.82, 2.24) is 0 Å². The highest BCUT2D eigenvalue weighted by atomic mass is 32.2. The minimum atomic E-state index is -5.43. The van der Waals surface area contributed by atoms with Crippen molar-refractivity contribution in [3.8, 4) is 46.0 Å². The van der Waals surface area contributed by atoms with Crippen molar-refractivity contribution in [3.63, 3.8) is 0 Å². The van der Waals surface area contributed by atoms with Crippen molar-refractivity contribution in [2.24, 2.45) is 0 Å². The summed E-state index contributed by atoms with van der Waals surface area (Å²) in [4.78, 5) is -8.91. The molecule has 0 spiro atoms. The molecule has 0 heterocycles. The van der Waals surface area contributed by atoms with Gasteiger partial charge in [-0.3, -0.25) is 36.4 Å². The van der Waals surface area contributed by atoms with Crippen LogP contribution in [0.25, 0.3) is 0 Å². The molecule has 0 saturated carbocycles. The van der Waals surface area contributed by atoms with Gasteiger partial charge in [0.1, 0.15) is 46.0 Å². The molecular formula is C56H48O32S8. The predicted octanol–water partition coefficient (Wildman–Crippen LogP) is 4.34. The summed E-state index contributed by atoms with van der Waals surface area (Å²) in [5.74, 6) is -8.46. The van der Waals surface area contributed by atoms with Gasteiger partial charge in [-0.2, -0.15) is 67.3 Å². The molecule has 0 fully saturated rings. The number of benzene rings is 8. The molecule has 0 atom stereocenters. The average molecular weight is 1490 g/mol. The average Bonchev–Trinajstić information content (AvgIpc) is 0.783. The highest BCUT2D eigenvalue weighted by molar-refractivity contribution is 7.87. The van der Waals surface area contributed by atoms with E-state index < -0.39 is 306 Å². The second kappa shape index (κ2) is 24.8. The highest BCUT2D eigenvalue weighted by Crippen LogP contribution is 2.44. The van der Waals surface area contributed by atoms with Crippen LogP contribution in [0.5, 0.6) is 46.0 Å². The minimum absolute atomic E-state index is 0.559. The van der Waals surface area contributed by atoms with Crippen LogP contribution in [0.4, 0.5) is 0 Å². The zero-order valence-electron chi connectivity index (χ0n) is 47.8. The quantitative estimate of drug-likeness (QED) is 0.0940. The first-order chi connectivity index (χ1) is 43.9. The Morgan fingerprint density at radius 1 is 0.156 bits per heavy atom. The second-order valence-corrected chi connectivity index (χ2v) is 33.3. The van der Waals surface area contributed by atoms with Gasteiger partial charge in [0.05, 0.1) is 39.2 Å². The lowest BCUT2D eigenvalue weighted by Gasteiger charge is -2.19. The van der Waals surface area contributed by atoms with Crippen LogP contribution in [0, 0.1) is 0 Å². The largest absolute Gasteiger partial charge is 0.507 e. The third-order valence-corrected chi connectivity index (χ3v) is 22.0. The van der Waals surface area contributed by atoms with Gasteiger partial charge in [0, 0.05) is 140 Å². The highest BCUT2D eigenvalue weighted by Gasteiger charge is 2.31. The molecule has 9 rings (SSSR count). The smallest absolute Gasteiger partial charge is 0.294 e. The van der Waals surface area contributed by atoms with Gasteiger partial charge in [-0.15, -0.1) is 0 Å². The number of phenols is 8. The topological polar surface area (TPSA) is 597 Å². The summed E-state index contributed by atoms with van der Waals surface area (Å²) in [7, 11) is -43.5. The van der Waals surface area contributed by atoms with E-state index in [1.807, 2.05) is 0 Å². The fraction of sp³-hybridized carbons (Fsp3) is 0.143. The number of phenolic OH excluding ortho intramolecular Hbond substituents is 8. The van der Waals surface area contributed by atoms with Crippen LogP contribution in [0.2, 0.25) is 0 Å². The molecule has 16 bridgehead atoms. The first-order valence-electron chi connectivity index (χ1n) is 26.4. The molecule has 0 saturated heterocycles. The summed E-state index contributed by atoms with van der Waals surface area (Å²) in [6.07, 6.45) is -8.52. The molecular weight excluding hydrogens is 1440 g/mol. The van der Waals surface area contributed by atoms with E-state index in [0.29, 0.717) is 97.1 Å². The zero-order chi connectivity index (χ0) is 71.4. The molecule has 512 valence electrons. The summed E-state index contributed by atoms with van der Waals surface area (Å²) in [6.45, 7) is 0. The third kappa shape index (κ3) is 15.3. The van der Waals surface area contributed by atoms with Gasteiger partial charge in [0.2, 0.25) is 0 Å². The van der Waals surface area contributed by atoms with Crippen LogP contribution >= 0.6 is 0 Å². The lowest BCUT2D eigenvalue weighted by Crippen LogP contribution is -2.08. The number of hydrogen-bond acceptors (Lipinski definition) is 24. The Morgan fingerprint density at radius 3 is 0.271 bits per heavy atom. The van der Waals surface area contributed by atoms with Crippen LogP contribution in [0.15, 0.2) is 136 Å². The summed E-state index contributed by atoms with van der Waals surface area (Å²) in [5.41, 5.74) is -11.2. The summed E-state index contributed by atoms with van der Waals surface area (Å²) in [6, 6.07) is 8.95. The van der Waals surface area contributed by atoms with Crippen molar-refractivity contribution in [2.45, 2.75) is 90.5 Å². The van der Waals surface area contributed by atoms with E-state index in [1.54, 1.807) is 0 Å². The number of aromatic hydroxyl groups is 8. The number of hydrogen-bond donors (Lipinski definition) is 16. The lowest BCUT2D eigenvalue weighted by molar-refractivity contribution is 0.450. The normalized spacial score (nSPS) is 14.1.